The molecule has 4 rings (SSSR count). The lowest BCUT2D eigenvalue weighted by Crippen LogP contribution is -2.27. The average molecular weight is 503 g/mol. The van der Waals surface area contributed by atoms with E-state index in [0.717, 1.165) is 37.2 Å². The number of nitrogens with two attached hydrogens (primary N) is 1. The number of amides is 1. The molecule has 37 heavy (non-hydrogen) atoms. The molecule has 0 aliphatic carbocycles. The van der Waals surface area contributed by atoms with Crippen molar-refractivity contribution in [2.75, 3.05) is 35.7 Å². The van der Waals surface area contributed by atoms with Gasteiger partial charge in [0.25, 0.3) is 0 Å². The molecular formula is C28H38N8O. The van der Waals surface area contributed by atoms with Crippen LogP contribution in [-0.2, 0) is 6.42 Å². The number of nitrogens with one attached hydrogen (secondary N) is 3. The smallest absolute Gasteiger partial charge is 0.248 e. The average Bonchev–Trinajstić information content (AvgIpc) is 3.27. The van der Waals surface area contributed by atoms with E-state index in [1.165, 1.54) is 11.1 Å². The minimum absolute atomic E-state index is 0.203. The van der Waals surface area contributed by atoms with Crippen molar-refractivity contribution in [3.05, 3.63) is 64.7 Å². The number of hydrogen-bond acceptors (Lipinski definition) is 8. The fourth-order valence-corrected chi connectivity index (χ4v) is 4.59. The Labute approximate surface area is 219 Å². The predicted octanol–water partition coefficient (Wildman–Crippen LogP) is 3.81. The van der Waals surface area contributed by atoms with Crippen LogP contribution in [0.5, 0.6) is 0 Å². The molecule has 9 heteroatoms. The molecule has 9 nitrogen and oxygen atoms in total. The molecular weight excluding hydrogens is 464 g/mol. The van der Waals surface area contributed by atoms with Crippen molar-refractivity contribution in [1.29, 1.82) is 0 Å². The maximum Gasteiger partial charge on any atom is 0.248 e. The van der Waals surface area contributed by atoms with E-state index in [1.54, 1.807) is 12.1 Å². The summed E-state index contributed by atoms with van der Waals surface area (Å²) in [6.07, 6.45) is 1.96. The molecule has 3 aromatic rings. The van der Waals surface area contributed by atoms with Crippen LogP contribution in [0.4, 0.5) is 23.5 Å². The number of benzene rings is 2. The molecule has 0 radical (unpaired) electrons. The molecule has 2 unspecified atom stereocenters. The zero-order valence-corrected chi connectivity index (χ0v) is 22.4. The van der Waals surface area contributed by atoms with Crippen molar-refractivity contribution in [2.24, 2.45) is 11.7 Å². The lowest BCUT2D eigenvalue weighted by Gasteiger charge is -2.21. The lowest BCUT2D eigenvalue weighted by atomic mass is 10.0. The van der Waals surface area contributed by atoms with E-state index in [1.807, 2.05) is 24.9 Å². The molecule has 1 aromatic heterocycles. The quantitative estimate of drug-likeness (QED) is 0.330. The van der Waals surface area contributed by atoms with Crippen molar-refractivity contribution in [1.82, 2.24) is 20.3 Å². The Morgan fingerprint density at radius 1 is 1.11 bits per heavy atom. The number of hydrogen-bond donors (Lipinski definition) is 4. The molecule has 2 atom stereocenters. The second-order valence-corrected chi connectivity index (χ2v) is 10.4. The van der Waals surface area contributed by atoms with Crippen LogP contribution in [-0.4, -0.2) is 53.1 Å². The standard InChI is InChI=1S/C28H38N8O/c1-17(2)16-36(5)28-34-26(31-23-14-22(30-15-23)12-20-9-6-18(3)7-10-20)33-27(35-28)32-24-13-21(25(29)37)11-8-19(24)4/h6-11,13,17,22-23,30H,12,14-16H2,1-5H3,(H2,29,37)(H2,31,32,33,34,35). The van der Waals surface area contributed by atoms with E-state index in [4.69, 9.17) is 10.7 Å². The third kappa shape index (κ3) is 7.16. The SMILES string of the molecule is Cc1ccc(CC2CC(Nc3nc(Nc4cc(C(N)=O)ccc4C)nc(N(C)CC(C)C)n3)CN2)cc1. The maximum atomic E-state index is 11.7. The summed E-state index contributed by atoms with van der Waals surface area (Å²) in [5.41, 5.74) is 10.2. The predicted molar refractivity (Wildman–Crippen MR) is 150 cm³/mol. The second kappa shape index (κ2) is 11.6. The summed E-state index contributed by atoms with van der Waals surface area (Å²) in [5, 5.41) is 10.4. The summed E-state index contributed by atoms with van der Waals surface area (Å²) in [6.45, 7) is 10.0. The van der Waals surface area contributed by atoms with Crippen molar-refractivity contribution in [3.63, 3.8) is 0 Å². The van der Waals surface area contributed by atoms with E-state index < -0.39 is 5.91 Å². The molecule has 0 spiro atoms. The number of carbonyl (C=O) groups is 1. The van der Waals surface area contributed by atoms with Crippen LogP contribution in [0.2, 0.25) is 0 Å². The van der Waals surface area contributed by atoms with Gasteiger partial charge in [-0.15, -0.1) is 0 Å². The van der Waals surface area contributed by atoms with E-state index in [2.05, 4.69) is 71.0 Å². The number of rotatable bonds is 10. The zero-order chi connectivity index (χ0) is 26.5. The summed E-state index contributed by atoms with van der Waals surface area (Å²) < 4.78 is 0. The van der Waals surface area contributed by atoms with Gasteiger partial charge in [-0.05, 0) is 55.9 Å². The Morgan fingerprint density at radius 2 is 1.84 bits per heavy atom. The minimum atomic E-state index is -0.479. The van der Waals surface area contributed by atoms with Crippen LogP contribution >= 0.6 is 0 Å². The van der Waals surface area contributed by atoms with Gasteiger partial charge in [0.2, 0.25) is 23.8 Å². The van der Waals surface area contributed by atoms with Crippen molar-refractivity contribution in [2.45, 2.75) is 52.6 Å². The minimum Gasteiger partial charge on any atom is -0.366 e. The largest absolute Gasteiger partial charge is 0.366 e. The summed E-state index contributed by atoms with van der Waals surface area (Å²) in [5.74, 6) is 1.49. The molecule has 0 saturated carbocycles. The highest BCUT2D eigenvalue weighted by atomic mass is 16.1. The van der Waals surface area contributed by atoms with Gasteiger partial charge in [-0.25, -0.2) is 0 Å². The molecule has 5 N–H and O–H groups in total. The Morgan fingerprint density at radius 3 is 2.54 bits per heavy atom. The molecule has 196 valence electrons. The van der Waals surface area contributed by atoms with Gasteiger partial charge in [-0.3, -0.25) is 4.79 Å². The first kappa shape index (κ1) is 26.3. The van der Waals surface area contributed by atoms with Gasteiger partial charge in [-0.1, -0.05) is 49.7 Å². The zero-order valence-electron chi connectivity index (χ0n) is 22.4. The summed E-state index contributed by atoms with van der Waals surface area (Å²) in [4.78, 5) is 27.8. The van der Waals surface area contributed by atoms with Crippen LogP contribution in [0, 0.1) is 19.8 Å². The van der Waals surface area contributed by atoms with E-state index in [-0.39, 0.29) is 6.04 Å². The maximum absolute atomic E-state index is 11.7. The highest BCUT2D eigenvalue weighted by molar-refractivity contribution is 5.94. The molecule has 2 heterocycles. The molecule has 1 aliphatic heterocycles. The topological polar surface area (TPSA) is 121 Å². The van der Waals surface area contributed by atoms with Gasteiger partial charge >= 0.3 is 0 Å². The van der Waals surface area contributed by atoms with Crippen LogP contribution in [0.1, 0.15) is 47.3 Å². The van der Waals surface area contributed by atoms with E-state index in [9.17, 15) is 4.79 Å². The third-order valence-electron chi connectivity index (χ3n) is 6.53. The lowest BCUT2D eigenvalue weighted by molar-refractivity contribution is 0.100. The Hall–Kier alpha value is -3.72. The number of primary amides is 1. The first-order valence-corrected chi connectivity index (χ1v) is 12.9. The van der Waals surface area contributed by atoms with Gasteiger partial charge in [0.1, 0.15) is 0 Å². The molecule has 1 amide bonds. The van der Waals surface area contributed by atoms with Gasteiger partial charge < -0.3 is 26.6 Å². The molecule has 1 aliphatic rings. The summed E-state index contributed by atoms with van der Waals surface area (Å²) in [7, 11) is 1.98. The first-order chi connectivity index (χ1) is 17.7. The van der Waals surface area contributed by atoms with Gasteiger partial charge in [0.15, 0.2) is 0 Å². The summed E-state index contributed by atoms with van der Waals surface area (Å²) >= 11 is 0. The van der Waals surface area contributed by atoms with Crippen molar-refractivity contribution in [3.8, 4) is 0 Å². The number of aryl methyl sites for hydroxylation is 2. The summed E-state index contributed by atoms with van der Waals surface area (Å²) in [6, 6.07) is 14.6. The van der Waals surface area contributed by atoms with Gasteiger partial charge in [0, 0.05) is 43.5 Å². The number of carbonyl (C=O) groups excluding carboxylic acids is 1. The first-order valence-electron chi connectivity index (χ1n) is 12.9. The number of nitrogens with zero attached hydrogens (tertiary/aromatic N) is 4. The van der Waals surface area contributed by atoms with Gasteiger partial charge in [-0.2, -0.15) is 15.0 Å². The second-order valence-electron chi connectivity index (χ2n) is 10.4. The Kier molecular flexibility index (Phi) is 8.23. The van der Waals surface area contributed by atoms with E-state index in [0.29, 0.717) is 35.4 Å². The highest BCUT2D eigenvalue weighted by Crippen LogP contribution is 2.23. The van der Waals surface area contributed by atoms with Crippen LogP contribution in [0.25, 0.3) is 0 Å². The van der Waals surface area contributed by atoms with Crippen LogP contribution in [0.3, 0.4) is 0 Å². The molecule has 1 saturated heterocycles. The fourth-order valence-electron chi connectivity index (χ4n) is 4.59. The normalized spacial score (nSPS) is 17.1. The fraction of sp³-hybridized carbons (Fsp3) is 0.429. The van der Waals surface area contributed by atoms with E-state index >= 15 is 0 Å². The van der Waals surface area contributed by atoms with Crippen molar-refractivity contribution < 1.29 is 4.79 Å². The monoisotopic (exact) mass is 502 g/mol. The van der Waals surface area contributed by atoms with Crippen LogP contribution in [0.15, 0.2) is 42.5 Å². The third-order valence-corrected chi connectivity index (χ3v) is 6.53. The number of aromatic nitrogens is 3. The van der Waals surface area contributed by atoms with Gasteiger partial charge in [0.05, 0.1) is 0 Å². The molecule has 2 aromatic carbocycles. The van der Waals surface area contributed by atoms with Crippen molar-refractivity contribution >= 4 is 29.4 Å². The van der Waals surface area contributed by atoms with Crippen LogP contribution < -0.4 is 26.6 Å². The molecule has 0 bridgehead atoms. The molecule has 1 fully saturated rings. The number of anilines is 4. The Balaban J connectivity index is 1.52. The highest BCUT2D eigenvalue weighted by Gasteiger charge is 2.25. The Bertz CT molecular complexity index is 1230.